The van der Waals surface area contributed by atoms with Crippen molar-refractivity contribution in [2.45, 2.75) is 12.3 Å². The number of thioether (sulfide) groups is 1. The van der Waals surface area contributed by atoms with Crippen molar-refractivity contribution in [2.75, 3.05) is 11.5 Å². The van der Waals surface area contributed by atoms with Gasteiger partial charge in [0.1, 0.15) is 17.4 Å². The van der Waals surface area contributed by atoms with Gasteiger partial charge in [0.15, 0.2) is 0 Å². The lowest BCUT2D eigenvalue weighted by molar-refractivity contribution is 0.268. The Labute approximate surface area is 116 Å². The maximum absolute atomic E-state index is 9.39. The molecule has 1 atom stereocenters. The molecule has 1 unspecified atom stereocenters. The number of ether oxygens (including phenoxy) is 1. The number of nitrogens with two attached hydrogens (primary N) is 1. The molecule has 0 fully saturated rings. The van der Waals surface area contributed by atoms with E-state index in [9.17, 15) is 5.26 Å². The Bertz CT molecular complexity index is 598. The van der Waals surface area contributed by atoms with Gasteiger partial charge in [0.2, 0.25) is 5.88 Å². The Kier molecular flexibility index (Phi) is 3.22. The minimum atomic E-state index is -0.0391. The molecule has 0 aliphatic carbocycles. The minimum Gasteiger partial charge on any atom is -0.445 e. The molecule has 2 N–H and O–H groups in total. The summed E-state index contributed by atoms with van der Waals surface area (Å²) in [5, 5.41) is 9.39. The molecule has 1 aromatic carbocycles. The van der Waals surface area contributed by atoms with Crippen LogP contribution in [-0.4, -0.2) is 11.5 Å². The summed E-state index contributed by atoms with van der Waals surface area (Å²) in [5.74, 6) is 3.15. The van der Waals surface area contributed by atoms with E-state index in [1.165, 1.54) is 5.57 Å². The lowest BCUT2D eigenvalue weighted by atomic mass is 9.83. The molecule has 19 heavy (non-hydrogen) atoms. The summed E-state index contributed by atoms with van der Waals surface area (Å²) >= 11 is 1.88. The highest BCUT2D eigenvalue weighted by Crippen LogP contribution is 2.43. The third-order valence-corrected chi connectivity index (χ3v) is 4.49. The van der Waals surface area contributed by atoms with Crippen molar-refractivity contribution in [1.82, 2.24) is 0 Å². The Balaban J connectivity index is 2.12. The average Bonchev–Trinajstić information content (AvgIpc) is 2.46. The lowest BCUT2D eigenvalue weighted by Crippen LogP contribution is -2.24. The molecule has 0 radical (unpaired) electrons. The van der Waals surface area contributed by atoms with Gasteiger partial charge in [-0.25, -0.2) is 0 Å². The van der Waals surface area contributed by atoms with Crippen LogP contribution in [0.1, 0.15) is 17.9 Å². The van der Waals surface area contributed by atoms with E-state index in [1.54, 1.807) is 0 Å². The van der Waals surface area contributed by atoms with Gasteiger partial charge in [-0.3, -0.25) is 0 Å². The molecular weight excluding hydrogens is 256 g/mol. The van der Waals surface area contributed by atoms with Gasteiger partial charge in [0.25, 0.3) is 0 Å². The molecule has 1 aromatic rings. The minimum absolute atomic E-state index is 0.0391. The van der Waals surface area contributed by atoms with Crippen LogP contribution in [0.2, 0.25) is 0 Å². The Morgan fingerprint density at radius 2 is 2.11 bits per heavy atom. The van der Waals surface area contributed by atoms with Crippen molar-refractivity contribution >= 4 is 11.8 Å². The van der Waals surface area contributed by atoms with E-state index in [4.69, 9.17) is 10.5 Å². The van der Waals surface area contributed by atoms with Crippen LogP contribution in [0.4, 0.5) is 0 Å². The fourth-order valence-corrected chi connectivity index (χ4v) is 3.61. The summed E-state index contributed by atoms with van der Waals surface area (Å²) in [6.07, 6.45) is 0.892. The largest absolute Gasteiger partial charge is 0.445 e. The van der Waals surface area contributed by atoms with E-state index in [0.29, 0.717) is 5.57 Å². The fourth-order valence-electron chi connectivity index (χ4n) is 2.59. The van der Waals surface area contributed by atoms with Crippen LogP contribution in [0.5, 0.6) is 0 Å². The zero-order chi connectivity index (χ0) is 13.2. The van der Waals surface area contributed by atoms with Crippen molar-refractivity contribution in [3.8, 4) is 6.07 Å². The molecule has 0 aromatic heterocycles. The van der Waals surface area contributed by atoms with E-state index >= 15 is 0 Å². The summed E-state index contributed by atoms with van der Waals surface area (Å²) in [6.45, 7) is 0. The first-order chi connectivity index (χ1) is 9.31. The van der Waals surface area contributed by atoms with Gasteiger partial charge in [-0.2, -0.15) is 17.0 Å². The molecule has 0 amide bonds. The van der Waals surface area contributed by atoms with Gasteiger partial charge in [0.05, 0.1) is 0 Å². The van der Waals surface area contributed by atoms with Crippen molar-refractivity contribution in [1.29, 1.82) is 5.26 Å². The second-order valence-electron chi connectivity index (χ2n) is 4.59. The molecule has 0 saturated carbocycles. The predicted molar refractivity (Wildman–Crippen MR) is 76.1 cm³/mol. The number of nitriles is 1. The van der Waals surface area contributed by atoms with Crippen molar-refractivity contribution in [3.05, 3.63) is 58.7 Å². The Hall–Kier alpha value is -1.86. The van der Waals surface area contributed by atoms with Crippen molar-refractivity contribution < 1.29 is 4.74 Å². The molecule has 2 aliphatic heterocycles. The maximum atomic E-state index is 9.39. The summed E-state index contributed by atoms with van der Waals surface area (Å²) in [6, 6.07) is 12.3. The van der Waals surface area contributed by atoms with Gasteiger partial charge >= 0.3 is 0 Å². The highest BCUT2D eigenvalue weighted by molar-refractivity contribution is 7.99. The topological polar surface area (TPSA) is 59.0 Å². The fraction of sp³-hybridized carbons (Fsp3) is 0.267. The van der Waals surface area contributed by atoms with Crippen LogP contribution in [-0.2, 0) is 4.74 Å². The third-order valence-electron chi connectivity index (χ3n) is 3.48. The normalized spacial score (nSPS) is 22.6. The molecule has 4 heteroatoms. The average molecular weight is 270 g/mol. The Morgan fingerprint density at radius 1 is 1.32 bits per heavy atom. The first kappa shape index (κ1) is 12.2. The van der Waals surface area contributed by atoms with E-state index in [0.717, 1.165) is 29.2 Å². The molecule has 3 nitrogen and oxygen atoms in total. The van der Waals surface area contributed by atoms with Crippen LogP contribution < -0.4 is 5.73 Å². The summed E-state index contributed by atoms with van der Waals surface area (Å²) < 4.78 is 5.65. The predicted octanol–water partition coefficient (Wildman–Crippen LogP) is 2.89. The Morgan fingerprint density at radius 3 is 2.84 bits per heavy atom. The first-order valence-electron chi connectivity index (χ1n) is 6.23. The third kappa shape index (κ3) is 2.11. The van der Waals surface area contributed by atoms with E-state index in [1.807, 2.05) is 42.1 Å². The number of nitrogens with zero attached hydrogens (tertiary/aromatic N) is 1. The smallest absolute Gasteiger partial charge is 0.205 e. The highest BCUT2D eigenvalue weighted by Gasteiger charge is 2.33. The highest BCUT2D eigenvalue weighted by atomic mass is 32.2. The van der Waals surface area contributed by atoms with Crippen molar-refractivity contribution in [3.63, 3.8) is 0 Å². The second-order valence-corrected chi connectivity index (χ2v) is 5.69. The zero-order valence-corrected chi connectivity index (χ0v) is 11.2. The second kappa shape index (κ2) is 5.02. The van der Waals surface area contributed by atoms with E-state index < -0.39 is 0 Å². The number of rotatable bonds is 1. The van der Waals surface area contributed by atoms with Gasteiger partial charge in [-0.1, -0.05) is 30.3 Å². The number of hydrogen-bond acceptors (Lipinski definition) is 4. The summed E-state index contributed by atoms with van der Waals surface area (Å²) in [4.78, 5) is 0. The SMILES string of the molecule is N#CC1=C(N)OC2=C(CSCC2)C1c1ccccc1. The molecule has 2 heterocycles. The van der Waals surface area contributed by atoms with E-state index in [-0.39, 0.29) is 11.8 Å². The maximum Gasteiger partial charge on any atom is 0.205 e. The standard InChI is InChI=1S/C15H14N2OS/c16-8-11-14(10-4-2-1-3-5-10)12-9-19-7-6-13(12)18-15(11)17/h1-5,14H,6-7,9,17H2. The quantitative estimate of drug-likeness (QED) is 0.852. The summed E-state index contributed by atoms with van der Waals surface area (Å²) in [5.41, 5.74) is 8.77. The number of hydrogen-bond donors (Lipinski definition) is 1. The van der Waals surface area contributed by atoms with Crippen LogP contribution in [0.15, 0.2) is 53.1 Å². The van der Waals surface area contributed by atoms with E-state index in [2.05, 4.69) is 6.07 Å². The van der Waals surface area contributed by atoms with Crippen LogP contribution >= 0.6 is 11.8 Å². The molecular formula is C15H14N2OS. The zero-order valence-electron chi connectivity index (χ0n) is 10.4. The van der Waals surface area contributed by atoms with Gasteiger partial charge < -0.3 is 10.5 Å². The molecule has 0 bridgehead atoms. The lowest BCUT2D eigenvalue weighted by Gasteiger charge is -2.31. The molecule has 0 saturated heterocycles. The molecule has 0 spiro atoms. The molecule has 2 aliphatic rings. The van der Waals surface area contributed by atoms with Crippen molar-refractivity contribution in [2.24, 2.45) is 5.73 Å². The monoisotopic (exact) mass is 270 g/mol. The van der Waals surface area contributed by atoms with Gasteiger partial charge in [-0.05, 0) is 11.1 Å². The van der Waals surface area contributed by atoms with Crippen LogP contribution in [0.3, 0.4) is 0 Å². The van der Waals surface area contributed by atoms with Crippen LogP contribution in [0.25, 0.3) is 0 Å². The summed E-state index contributed by atoms with van der Waals surface area (Å²) in [7, 11) is 0. The molecule has 3 rings (SSSR count). The van der Waals surface area contributed by atoms with Gasteiger partial charge in [0, 0.05) is 23.8 Å². The van der Waals surface area contributed by atoms with Gasteiger partial charge in [-0.15, -0.1) is 0 Å². The number of allylic oxidation sites excluding steroid dienone is 2. The number of benzene rings is 1. The van der Waals surface area contributed by atoms with Crippen LogP contribution in [0, 0.1) is 11.3 Å². The molecule has 96 valence electrons. The first-order valence-corrected chi connectivity index (χ1v) is 7.39.